The van der Waals surface area contributed by atoms with Crippen molar-refractivity contribution in [3.63, 3.8) is 0 Å². The summed E-state index contributed by atoms with van der Waals surface area (Å²) >= 11 is 0. The topological polar surface area (TPSA) is 103 Å². The number of sulfonamides is 1. The Hall–Kier alpha value is -1.74. The highest BCUT2D eigenvalue weighted by Crippen LogP contribution is 2.31. The molecule has 2 fully saturated rings. The van der Waals surface area contributed by atoms with E-state index in [9.17, 15) is 18.0 Å². The summed E-state index contributed by atoms with van der Waals surface area (Å²) in [6, 6.07) is 0. The lowest BCUT2D eigenvalue weighted by molar-refractivity contribution is -0.131. The number of hydrogen-bond donors (Lipinski definition) is 1. The second-order valence-corrected chi connectivity index (χ2v) is 10.4. The van der Waals surface area contributed by atoms with Crippen molar-refractivity contribution in [3.05, 3.63) is 27.4 Å². The van der Waals surface area contributed by atoms with E-state index >= 15 is 0 Å². The van der Waals surface area contributed by atoms with E-state index in [1.165, 1.54) is 23.4 Å². The van der Waals surface area contributed by atoms with Crippen LogP contribution in [0, 0.1) is 5.92 Å². The van der Waals surface area contributed by atoms with E-state index in [1.54, 1.807) is 0 Å². The van der Waals surface area contributed by atoms with Gasteiger partial charge in [-0.1, -0.05) is 12.8 Å². The second kappa shape index (κ2) is 7.59. The molecular formula is C19H28N4O4S. The van der Waals surface area contributed by atoms with Crippen LogP contribution in [0.5, 0.6) is 0 Å². The number of H-pyrrole nitrogens is 1. The van der Waals surface area contributed by atoms with Crippen molar-refractivity contribution in [1.82, 2.24) is 19.2 Å². The number of nitrogens with zero attached hydrogens (tertiary/aromatic N) is 3. The number of amides is 1. The van der Waals surface area contributed by atoms with Gasteiger partial charge in [0.15, 0.2) is 0 Å². The van der Waals surface area contributed by atoms with Gasteiger partial charge in [-0.3, -0.25) is 9.59 Å². The fourth-order valence-corrected chi connectivity index (χ4v) is 5.49. The largest absolute Gasteiger partial charge is 0.342 e. The molecule has 0 spiro atoms. The molecule has 1 aliphatic carbocycles. The third kappa shape index (κ3) is 4.00. The molecule has 9 heteroatoms. The van der Waals surface area contributed by atoms with Crippen molar-refractivity contribution in [3.8, 4) is 0 Å². The van der Waals surface area contributed by atoms with Crippen LogP contribution in [0.25, 0.3) is 0 Å². The molecule has 0 unspecified atom stereocenters. The van der Waals surface area contributed by atoms with Gasteiger partial charge in [-0.2, -0.15) is 4.31 Å². The summed E-state index contributed by atoms with van der Waals surface area (Å²) in [4.78, 5) is 34.5. The fraction of sp³-hybridized carbons (Fsp3) is 0.737. The third-order valence-corrected chi connectivity index (χ3v) is 7.64. The molecule has 0 bridgehead atoms. The predicted molar refractivity (Wildman–Crippen MR) is 104 cm³/mol. The van der Waals surface area contributed by atoms with Crippen LogP contribution in [0.15, 0.2) is 4.79 Å². The van der Waals surface area contributed by atoms with Gasteiger partial charge >= 0.3 is 0 Å². The Labute approximate surface area is 165 Å². The number of carbonyl (C=O) groups is 1. The molecule has 154 valence electrons. The molecule has 0 radical (unpaired) electrons. The molecule has 1 amide bonds. The van der Waals surface area contributed by atoms with Crippen molar-refractivity contribution in [2.24, 2.45) is 5.92 Å². The Morgan fingerprint density at radius 2 is 1.96 bits per heavy atom. The Morgan fingerprint density at radius 1 is 1.21 bits per heavy atom. The van der Waals surface area contributed by atoms with Crippen LogP contribution in [0.2, 0.25) is 0 Å². The first kappa shape index (κ1) is 19.6. The van der Waals surface area contributed by atoms with Gasteiger partial charge in [-0.05, 0) is 31.6 Å². The molecule has 28 heavy (non-hydrogen) atoms. The van der Waals surface area contributed by atoms with E-state index in [2.05, 4.69) is 9.97 Å². The Morgan fingerprint density at radius 3 is 2.68 bits per heavy atom. The van der Waals surface area contributed by atoms with Crippen molar-refractivity contribution in [1.29, 1.82) is 0 Å². The van der Waals surface area contributed by atoms with Crippen molar-refractivity contribution < 1.29 is 13.2 Å². The minimum Gasteiger partial charge on any atom is -0.342 e. The SMILES string of the molecule is CS(=O)(=O)N1CCc2c(nc([C@@H]3CCN(C(=O)CC4CCCC4)C3)[nH]c2=O)C1. The summed E-state index contributed by atoms with van der Waals surface area (Å²) in [5, 5.41) is 0. The molecule has 3 aliphatic rings. The number of hydrogen-bond acceptors (Lipinski definition) is 5. The average Bonchev–Trinajstić information content (AvgIpc) is 3.32. The van der Waals surface area contributed by atoms with Crippen LogP contribution >= 0.6 is 0 Å². The first-order valence-corrected chi connectivity index (χ1v) is 12.0. The lowest BCUT2D eigenvalue weighted by Gasteiger charge is -2.26. The number of fused-ring (bicyclic) bond motifs is 1. The summed E-state index contributed by atoms with van der Waals surface area (Å²) in [5.41, 5.74) is 0.950. The predicted octanol–water partition coefficient (Wildman–Crippen LogP) is 0.984. The maximum Gasteiger partial charge on any atom is 0.254 e. The van der Waals surface area contributed by atoms with Gasteiger partial charge in [0.2, 0.25) is 15.9 Å². The number of likely N-dealkylation sites (tertiary alicyclic amines) is 1. The first-order valence-electron chi connectivity index (χ1n) is 10.2. The van der Waals surface area contributed by atoms with Crippen molar-refractivity contribution >= 4 is 15.9 Å². The minimum absolute atomic E-state index is 0.000798. The summed E-state index contributed by atoms with van der Waals surface area (Å²) in [6.45, 7) is 1.71. The standard InChI is InChI=1S/C19H28N4O4S/c1-28(26,27)23-9-7-15-16(12-23)20-18(21-19(15)25)14-6-8-22(11-14)17(24)10-13-4-2-3-5-13/h13-14H,2-12H2,1H3,(H,20,21,25)/t14-/m1/s1. The summed E-state index contributed by atoms with van der Waals surface area (Å²) in [7, 11) is -3.32. The lowest BCUT2D eigenvalue weighted by atomic mass is 10.0. The fourth-order valence-electron chi connectivity index (χ4n) is 4.71. The third-order valence-electron chi connectivity index (χ3n) is 6.39. The zero-order valence-electron chi connectivity index (χ0n) is 16.3. The second-order valence-electron chi connectivity index (χ2n) is 8.40. The number of nitrogens with one attached hydrogen (secondary N) is 1. The van der Waals surface area contributed by atoms with Crippen LogP contribution in [0.3, 0.4) is 0 Å². The molecule has 1 atom stereocenters. The van der Waals surface area contributed by atoms with E-state index in [4.69, 9.17) is 0 Å². The van der Waals surface area contributed by atoms with Gasteiger partial charge in [0.1, 0.15) is 5.82 Å². The maximum atomic E-state index is 12.6. The summed E-state index contributed by atoms with van der Waals surface area (Å²) < 4.78 is 25.1. The van der Waals surface area contributed by atoms with Gasteiger partial charge in [-0.15, -0.1) is 0 Å². The van der Waals surface area contributed by atoms with Crippen LogP contribution in [0.1, 0.15) is 61.5 Å². The smallest absolute Gasteiger partial charge is 0.254 e. The van der Waals surface area contributed by atoms with E-state index in [0.29, 0.717) is 55.5 Å². The van der Waals surface area contributed by atoms with Gasteiger partial charge in [0.05, 0.1) is 18.5 Å². The van der Waals surface area contributed by atoms with Gasteiger partial charge < -0.3 is 9.88 Å². The van der Waals surface area contributed by atoms with Gasteiger partial charge in [0.25, 0.3) is 5.56 Å². The van der Waals surface area contributed by atoms with Crippen molar-refractivity contribution in [2.45, 2.75) is 57.4 Å². The Balaban J connectivity index is 1.47. The van der Waals surface area contributed by atoms with E-state index in [0.717, 1.165) is 19.3 Å². The lowest BCUT2D eigenvalue weighted by Crippen LogP contribution is -2.39. The molecule has 8 nitrogen and oxygen atoms in total. The zero-order chi connectivity index (χ0) is 19.9. The normalized spacial score (nSPS) is 23.9. The van der Waals surface area contributed by atoms with E-state index < -0.39 is 10.0 Å². The first-order chi connectivity index (χ1) is 13.3. The molecule has 1 aromatic rings. The molecule has 1 saturated heterocycles. The van der Waals surface area contributed by atoms with Crippen LogP contribution in [-0.4, -0.2) is 59.4 Å². The minimum atomic E-state index is -3.32. The van der Waals surface area contributed by atoms with Crippen LogP contribution < -0.4 is 5.56 Å². The molecule has 1 N–H and O–H groups in total. The number of aromatic amines is 1. The summed E-state index contributed by atoms with van der Waals surface area (Å²) in [6.07, 6.45) is 7.71. The quantitative estimate of drug-likeness (QED) is 0.800. The van der Waals surface area contributed by atoms with Crippen LogP contribution in [-0.2, 0) is 27.8 Å². The van der Waals surface area contributed by atoms with Gasteiger partial charge in [-0.25, -0.2) is 13.4 Å². The van der Waals surface area contributed by atoms with E-state index in [-0.39, 0.29) is 23.9 Å². The number of carbonyl (C=O) groups excluding carboxylic acids is 1. The van der Waals surface area contributed by atoms with Crippen molar-refractivity contribution in [2.75, 3.05) is 25.9 Å². The highest BCUT2D eigenvalue weighted by molar-refractivity contribution is 7.88. The molecule has 1 aromatic heterocycles. The Bertz CT molecular complexity index is 920. The highest BCUT2D eigenvalue weighted by atomic mass is 32.2. The summed E-state index contributed by atoms with van der Waals surface area (Å²) in [5.74, 6) is 1.31. The molecular weight excluding hydrogens is 380 g/mol. The highest BCUT2D eigenvalue weighted by Gasteiger charge is 2.32. The van der Waals surface area contributed by atoms with E-state index in [1.807, 2.05) is 4.90 Å². The molecule has 2 aliphatic heterocycles. The number of aromatic nitrogens is 2. The molecule has 1 saturated carbocycles. The number of rotatable bonds is 4. The molecule has 4 rings (SSSR count). The molecule has 0 aromatic carbocycles. The van der Waals surface area contributed by atoms with Crippen LogP contribution in [0.4, 0.5) is 0 Å². The zero-order valence-corrected chi connectivity index (χ0v) is 17.1. The molecule has 3 heterocycles. The van der Waals surface area contributed by atoms with Gasteiger partial charge in [0, 0.05) is 37.5 Å². The monoisotopic (exact) mass is 408 g/mol. The maximum absolute atomic E-state index is 12.6. The Kier molecular flexibility index (Phi) is 5.30. The average molecular weight is 409 g/mol.